The predicted molar refractivity (Wildman–Crippen MR) is 76.8 cm³/mol. The van der Waals surface area contributed by atoms with Crippen molar-refractivity contribution in [3.63, 3.8) is 0 Å². The van der Waals surface area contributed by atoms with E-state index in [1.807, 2.05) is 7.05 Å². The highest BCUT2D eigenvalue weighted by molar-refractivity contribution is 5.09. The number of nitrogens with one attached hydrogen (secondary N) is 1. The van der Waals surface area contributed by atoms with Gasteiger partial charge < -0.3 is 10.1 Å². The number of nitrogens with zero attached hydrogens (tertiary/aromatic N) is 1. The van der Waals surface area contributed by atoms with Crippen LogP contribution < -0.4 is 5.32 Å². The number of rotatable bonds is 4. The Morgan fingerprint density at radius 3 is 2.74 bits per heavy atom. The molecule has 0 amide bonds. The van der Waals surface area contributed by atoms with Crippen molar-refractivity contribution in [3.8, 4) is 6.07 Å². The van der Waals surface area contributed by atoms with Crippen LogP contribution in [0.1, 0.15) is 64.7 Å². The smallest absolute Gasteiger partial charge is 0.109 e. The van der Waals surface area contributed by atoms with Crippen LogP contribution in [0, 0.1) is 17.2 Å². The SMILES string of the molecule is CCC1CCCC(OC2CCCC(C#N)(NC)C2)C1. The summed E-state index contributed by atoms with van der Waals surface area (Å²) in [6, 6.07) is 2.46. The predicted octanol–water partition coefficient (Wildman–Crippen LogP) is 3.40. The number of hydrogen-bond acceptors (Lipinski definition) is 3. The minimum atomic E-state index is -0.345. The Balaban J connectivity index is 1.87. The molecule has 2 saturated carbocycles. The van der Waals surface area contributed by atoms with E-state index >= 15 is 0 Å². The molecule has 0 heterocycles. The minimum Gasteiger partial charge on any atom is -0.375 e. The summed E-state index contributed by atoms with van der Waals surface area (Å²) >= 11 is 0. The van der Waals surface area contributed by atoms with Crippen molar-refractivity contribution in [1.29, 1.82) is 5.26 Å². The average Bonchev–Trinajstić information content (AvgIpc) is 2.47. The molecule has 3 heteroatoms. The van der Waals surface area contributed by atoms with Crippen molar-refractivity contribution < 1.29 is 4.74 Å². The molecule has 19 heavy (non-hydrogen) atoms. The molecule has 0 spiro atoms. The van der Waals surface area contributed by atoms with E-state index in [4.69, 9.17) is 4.74 Å². The van der Waals surface area contributed by atoms with Gasteiger partial charge in [0.25, 0.3) is 0 Å². The van der Waals surface area contributed by atoms with Gasteiger partial charge in [-0.2, -0.15) is 5.26 Å². The molecular weight excluding hydrogens is 236 g/mol. The summed E-state index contributed by atoms with van der Waals surface area (Å²) in [5.41, 5.74) is -0.345. The second-order valence-corrected chi connectivity index (χ2v) is 6.36. The van der Waals surface area contributed by atoms with Crippen LogP contribution in [0.2, 0.25) is 0 Å². The fraction of sp³-hybridized carbons (Fsp3) is 0.938. The third-order valence-corrected chi connectivity index (χ3v) is 5.10. The molecule has 2 aliphatic rings. The molecule has 0 radical (unpaired) electrons. The Labute approximate surface area is 117 Å². The van der Waals surface area contributed by atoms with Crippen LogP contribution in [0.15, 0.2) is 0 Å². The molecule has 4 unspecified atom stereocenters. The Morgan fingerprint density at radius 1 is 1.26 bits per heavy atom. The molecule has 0 aliphatic heterocycles. The van der Waals surface area contributed by atoms with Crippen molar-refractivity contribution in [1.82, 2.24) is 5.32 Å². The van der Waals surface area contributed by atoms with E-state index in [1.54, 1.807) is 0 Å². The maximum Gasteiger partial charge on any atom is 0.109 e. The number of nitriles is 1. The molecule has 2 rings (SSSR count). The summed E-state index contributed by atoms with van der Waals surface area (Å²) in [6.45, 7) is 2.29. The van der Waals surface area contributed by atoms with Crippen LogP contribution in [0.4, 0.5) is 0 Å². The van der Waals surface area contributed by atoms with Gasteiger partial charge in [0.1, 0.15) is 5.54 Å². The molecule has 0 saturated heterocycles. The molecule has 0 bridgehead atoms. The third-order valence-electron chi connectivity index (χ3n) is 5.10. The number of ether oxygens (including phenoxy) is 1. The lowest BCUT2D eigenvalue weighted by Crippen LogP contribution is -2.48. The third kappa shape index (κ3) is 3.70. The van der Waals surface area contributed by atoms with Gasteiger partial charge in [-0.15, -0.1) is 0 Å². The molecule has 2 fully saturated rings. The second kappa shape index (κ2) is 6.72. The van der Waals surface area contributed by atoms with E-state index in [0.29, 0.717) is 6.10 Å². The first kappa shape index (κ1) is 14.8. The Bertz CT molecular complexity index is 325. The second-order valence-electron chi connectivity index (χ2n) is 6.36. The standard InChI is InChI=1S/C16H28N2O/c1-3-13-6-4-7-14(10-13)19-15-8-5-9-16(11-15,12-17)18-2/h13-15,18H,3-11H2,1-2H3. The summed E-state index contributed by atoms with van der Waals surface area (Å²) in [7, 11) is 1.90. The van der Waals surface area contributed by atoms with E-state index in [2.05, 4.69) is 18.3 Å². The quantitative estimate of drug-likeness (QED) is 0.846. The van der Waals surface area contributed by atoms with Gasteiger partial charge in [0, 0.05) is 6.42 Å². The fourth-order valence-corrected chi connectivity index (χ4v) is 3.73. The van der Waals surface area contributed by atoms with Crippen LogP contribution in [0.3, 0.4) is 0 Å². The molecule has 0 aromatic rings. The van der Waals surface area contributed by atoms with Gasteiger partial charge >= 0.3 is 0 Å². The zero-order valence-electron chi connectivity index (χ0n) is 12.5. The van der Waals surface area contributed by atoms with Crippen LogP contribution in [0.25, 0.3) is 0 Å². The van der Waals surface area contributed by atoms with E-state index in [0.717, 1.165) is 31.6 Å². The lowest BCUT2D eigenvalue weighted by atomic mass is 9.80. The Kier molecular flexibility index (Phi) is 5.24. The Morgan fingerprint density at radius 2 is 2.05 bits per heavy atom. The highest BCUT2D eigenvalue weighted by atomic mass is 16.5. The van der Waals surface area contributed by atoms with Gasteiger partial charge in [0.2, 0.25) is 0 Å². The topological polar surface area (TPSA) is 45.0 Å². The summed E-state index contributed by atoms with van der Waals surface area (Å²) < 4.78 is 6.33. The van der Waals surface area contributed by atoms with E-state index in [9.17, 15) is 5.26 Å². The maximum absolute atomic E-state index is 9.38. The van der Waals surface area contributed by atoms with Gasteiger partial charge in [-0.3, -0.25) is 0 Å². The zero-order chi connectivity index (χ0) is 13.7. The summed E-state index contributed by atoms with van der Waals surface area (Å²) in [4.78, 5) is 0. The first-order valence-corrected chi connectivity index (χ1v) is 7.97. The highest BCUT2D eigenvalue weighted by Crippen LogP contribution is 2.34. The summed E-state index contributed by atoms with van der Waals surface area (Å²) in [5, 5.41) is 12.6. The molecular formula is C16H28N2O. The largest absolute Gasteiger partial charge is 0.375 e. The van der Waals surface area contributed by atoms with Crippen molar-refractivity contribution in [3.05, 3.63) is 0 Å². The van der Waals surface area contributed by atoms with Gasteiger partial charge in [-0.25, -0.2) is 0 Å². The van der Waals surface area contributed by atoms with Crippen molar-refractivity contribution in [2.75, 3.05) is 7.05 Å². The zero-order valence-corrected chi connectivity index (χ0v) is 12.5. The summed E-state index contributed by atoms with van der Waals surface area (Å²) in [5.74, 6) is 0.854. The van der Waals surface area contributed by atoms with Gasteiger partial charge in [-0.05, 0) is 45.1 Å². The minimum absolute atomic E-state index is 0.279. The lowest BCUT2D eigenvalue weighted by Gasteiger charge is -2.38. The first-order chi connectivity index (χ1) is 9.21. The van der Waals surface area contributed by atoms with Crippen molar-refractivity contribution in [2.24, 2.45) is 5.92 Å². The molecule has 108 valence electrons. The van der Waals surface area contributed by atoms with E-state index in [1.165, 1.54) is 32.1 Å². The van der Waals surface area contributed by atoms with E-state index < -0.39 is 0 Å². The van der Waals surface area contributed by atoms with Gasteiger partial charge in [0.05, 0.1) is 18.3 Å². The first-order valence-electron chi connectivity index (χ1n) is 7.97. The van der Waals surface area contributed by atoms with Crippen molar-refractivity contribution >= 4 is 0 Å². The maximum atomic E-state index is 9.38. The molecule has 3 nitrogen and oxygen atoms in total. The monoisotopic (exact) mass is 264 g/mol. The molecule has 2 aliphatic carbocycles. The molecule has 0 aromatic heterocycles. The average molecular weight is 264 g/mol. The fourth-order valence-electron chi connectivity index (χ4n) is 3.73. The van der Waals surface area contributed by atoms with Crippen LogP contribution in [-0.2, 0) is 4.74 Å². The Hall–Kier alpha value is -0.590. The van der Waals surface area contributed by atoms with E-state index in [-0.39, 0.29) is 11.6 Å². The van der Waals surface area contributed by atoms with Gasteiger partial charge in [0.15, 0.2) is 0 Å². The van der Waals surface area contributed by atoms with Crippen LogP contribution in [-0.4, -0.2) is 24.8 Å². The summed E-state index contributed by atoms with van der Waals surface area (Å²) in [6.07, 6.45) is 11.2. The van der Waals surface area contributed by atoms with Crippen LogP contribution >= 0.6 is 0 Å². The normalized spacial score (nSPS) is 39.7. The van der Waals surface area contributed by atoms with Crippen molar-refractivity contribution in [2.45, 2.75) is 82.5 Å². The van der Waals surface area contributed by atoms with Crippen LogP contribution in [0.5, 0.6) is 0 Å². The number of hydrogen-bond donors (Lipinski definition) is 1. The molecule has 1 N–H and O–H groups in total. The molecule has 4 atom stereocenters. The molecule has 0 aromatic carbocycles. The highest BCUT2D eigenvalue weighted by Gasteiger charge is 2.37. The lowest BCUT2D eigenvalue weighted by molar-refractivity contribution is -0.0641. The van der Waals surface area contributed by atoms with Gasteiger partial charge in [-0.1, -0.05) is 26.2 Å².